The van der Waals surface area contributed by atoms with Crippen molar-refractivity contribution in [3.05, 3.63) is 64.7 Å². The number of carbonyl (C=O) groups is 2. The predicted octanol–water partition coefficient (Wildman–Crippen LogP) is 3.85. The van der Waals surface area contributed by atoms with E-state index >= 15 is 0 Å². The number of esters is 1. The molecule has 0 spiro atoms. The summed E-state index contributed by atoms with van der Waals surface area (Å²) in [7, 11) is 0. The third-order valence-electron chi connectivity index (χ3n) is 5.35. The lowest BCUT2D eigenvalue weighted by Crippen LogP contribution is -2.46. The number of hydrogen-bond acceptors (Lipinski definition) is 5. The first-order valence-corrected chi connectivity index (χ1v) is 11.4. The number of ether oxygens (including phenoxy) is 1. The van der Waals surface area contributed by atoms with Gasteiger partial charge >= 0.3 is 12.0 Å². The van der Waals surface area contributed by atoms with Gasteiger partial charge in [0.2, 0.25) is 0 Å². The van der Waals surface area contributed by atoms with Crippen molar-refractivity contribution in [2.75, 3.05) is 51.2 Å². The van der Waals surface area contributed by atoms with E-state index in [1.54, 1.807) is 31.2 Å². The van der Waals surface area contributed by atoms with Gasteiger partial charge in [0.1, 0.15) is 0 Å². The third kappa shape index (κ3) is 7.82. The topological polar surface area (TPSA) is 73.9 Å². The van der Waals surface area contributed by atoms with Gasteiger partial charge in [-0.1, -0.05) is 29.8 Å². The number of halogens is 1. The van der Waals surface area contributed by atoms with Gasteiger partial charge in [-0.05, 0) is 55.8 Å². The van der Waals surface area contributed by atoms with Crippen LogP contribution < -0.4 is 10.6 Å². The normalized spacial score (nSPS) is 14.7. The molecule has 2 aromatic rings. The van der Waals surface area contributed by atoms with Crippen LogP contribution in [-0.2, 0) is 11.3 Å². The van der Waals surface area contributed by atoms with Crippen molar-refractivity contribution >= 4 is 29.3 Å². The Morgan fingerprint density at radius 1 is 1.03 bits per heavy atom. The molecule has 172 valence electrons. The van der Waals surface area contributed by atoms with Crippen molar-refractivity contribution in [2.45, 2.75) is 19.9 Å². The highest BCUT2D eigenvalue weighted by Gasteiger charge is 2.16. The summed E-state index contributed by atoms with van der Waals surface area (Å²) >= 11 is 5.95. The summed E-state index contributed by atoms with van der Waals surface area (Å²) in [6, 6.07) is 14.5. The lowest BCUT2D eigenvalue weighted by molar-refractivity contribution is 0.0526. The first-order valence-electron chi connectivity index (χ1n) is 11.0. The van der Waals surface area contributed by atoms with Crippen LogP contribution in [0.25, 0.3) is 0 Å². The Morgan fingerprint density at radius 2 is 1.75 bits per heavy atom. The van der Waals surface area contributed by atoms with Crippen molar-refractivity contribution in [3.8, 4) is 0 Å². The number of amides is 2. The predicted molar refractivity (Wildman–Crippen MR) is 127 cm³/mol. The minimum Gasteiger partial charge on any atom is -0.462 e. The molecule has 7 nitrogen and oxygen atoms in total. The molecule has 2 aromatic carbocycles. The minimum atomic E-state index is -0.398. The van der Waals surface area contributed by atoms with Crippen LogP contribution in [0.2, 0.25) is 5.02 Å². The Kier molecular flexibility index (Phi) is 9.34. The van der Waals surface area contributed by atoms with E-state index in [2.05, 4.69) is 32.6 Å². The number of benzene rings is 2. The molecule has 32 heavy (non-hydrogen) atoms. The van der Waals surface area contributed by atoms with Crippen LogP contribution in [-0.4, -0.2) is 67.7 Å². The van der Waals surface area contributed by atoms with E-state index in [0.29, 0.717) is 24.4 Å². The first kappa shape index (κ1) is 24.0. The zero-order valence-electron chi connectivity index (χ0n) is 18.5. The minimum absolute atomic E-state index is 0.279. The molecule has 1 fully saturated rings. The summed E-state index contributed by atoms with van der Waals surface area (Å²) < 4.78 is 4.99. The van der Waals surface area contributed by atoms with E-state index in [0.717, 1.165) is 50.7 Å². The van der Waals surface area contributed by atoms with Gasteiger partial charge in [-0.2, -0.15) is 0 Å². The Bertz CT molecular complexity index is 883. The monoisotopic (exact) mass is 458 g/mol. The maximum Gasteiger partial charge on any atom is 0.338 e. The summed E-state index contributed by atoms with van der Waals surface area (Å²) in [5.74, 6) is -0.398. The largest absolute Gasteiger partial charge is 0.462 e. The molecule has 3 rings (SSSR count). The van der Waals surface area contributed by atoms with E-state index < -0.39 is 5.97 Å². The zero-order chi connectivity index (χ0) is 22.8. The van der Waals surface area contributed by atoms with E-state index in [1.807, 2.05) is 12.1 Å². The van der Waals surface area contributed by atoms with Crippen LogP contribution in [0.4, 0.5) is 10.5 Å². The standard InChI is InChI=1S/C24H31ClN4O3/c1-2-32-23(30)20-5-3-6-22(17-20)27-24(31)26-11-4-12-28-13-15-29(16-14-28)18-19-7-9-21(25)10-8-19/h3,5-10,17H,2,4,11-16,18H2,1H3,(H2,26,27,31). The average molecular weight is 459 g/mol. The maximum absolute atomic E-state index is 12.1. The molecule has 2 N–H and O–H groups in total. The molecule has 1 heterocycles. The number of urea groups is 1. The van der Waals surface area contributed by atoms with Gasteiger partial charge in [-0.25, -0.2) is 9.59 Å². The van der Waals surface area contributed by atoms with Gasteiger partial charge in [0.25, 0.3) is 0 Å². The number of hydrogen-bond donors (Lipinski definition) is 2. The van der Waals surface area contributed by atoms with E-state index in [-0.39, 0.29) is 6.03 Å². The van der Waals surface area contributed by atoms with Crippen LogP contribution in [0.5, 0.6) is 0 Å². The molecule has 0 aromatic heterocycles. The third-order valence-corrected chi connectivity index (χ3v) is 5.60. The molecule has 0 atom stereocenters. The van der Waals surface area contributed by atoms with E-state index in [1.165, 1.54) is 5.56 Å². The molecule has 0 radical (unpaired) electrons. The molecule has 1 saturated heterocycles. The molecule has 0 aliphatic carbocycles. The van der Waals surface area contributed by atoms with Crippen molar-refractivity contribution in [3.63, 3.8) is 0 Å². The van der Waals surface area contributed by atoms with E-state index in [4.69, 9.17) is 16.3 Å². The Balaban J connectivity index is 1.30. The molecular weight excluding hydrogens is 428 g/mol. The smallest absolute Gasteiger partial charge is 0.338 e. The van der Waals surface area contributed by atoms with E-state index in [9.17, 15) is 9.59 Å². The summed E-state index contributed by atoms with van der Waals surface area (Å²) in [5.41, 5.74) is 2.26. The number of nitrogens with zero attached hydrogens (tertiary/aromatic N) is 2. The molecule has 0 unspecified atom stereocenters. The fourth-order valence-corrected chi connectivity index (χ4v) is 3.76. The Morgan fingerprint density at radius 3 is 2.47 bits per heavy atom. The van der Waals surface area contributed by atoms with Crippen molar-refractivity contribution in [1.82, 2.24) is 15.1 Å². The molecule has 0 bridgehead atoms. The molecule has 1 aliphatic rings. The first-order chi connectivity index (χ1) is 15.5. The van der Waals surface area contributed by atoms with Gasteiger partial charge in [-0.3, -0.25) is 4.90 Å². The van der Waals surface area contributed by atoms with Crippen LogP contribution in [0, 0.1) is 0 Å². The number of piperazine rings is 1. The second-order valence-electron chi connectivity index (χ2n) is 7.78. The molecular formula is C24H31ClN4O3. The van der Waals surface area contributed by atoms with Gasteiger partial charge in [0.05, 0.1) is 12.2 Å². The van der Waals surface area contributed by atoms with Gasteiger partial charge < -0.3 is 20.3 Å². The highest BCUT2D eigenvalue weighted by Crippen LogP contribution is 2.13. The molecule has 8 heteroatoms. The molecule has 2 amide bonds. The van der Waals surface area contributed by atoms with Gasteiger partial charge in [0, 0.05) is 50.0 Å². The fourth-order valence-electron chi connectivity index (χ4n) is 3.64. The summed E-state index contributed by atoms with van der Waals surface area (Å²) in [5, 5.41) is 6.41. The van der Waals surface area contributed by atoms with Crippen LogP contribution >= 0.6 is 11.6 Å². The average Bonchev–Trinajstić information content (AvgIpc) is 2.80. The van der Waals surface area contributed by atoms with Crippen molar-refractivity contribution < 1.29 is 14.3 Å². The van der Waals surface area contributed by atoms with Crippen LogP contribution in [0.15, 0.2) is 48.5 Å². The second-order valence-corrected chi connectivity index (χ2v) is 8.22. The van der Waals surface area contributed by atoms with Gasteiger partial charge in [0.15, 0.2) is 0 Å². The quantitative estimate of drug-likeness (QED) is 0.441. The molecule has 1 aliphatic heterocycles. The highest BCUT2D eigenvalue weighted by molar-refractivity contribution is 6.30. The summed E-state index contributed by atoms with van der Waals surface area (Å²) in [6.45, 7) is 8.69. The Hall–Kier alpha value is -2.61. The number of anilines is 1. The summed E-state index contributed by atoms with van der Waals surface area (Å²) in [4.78, 5) is 28.8. The van der Waals surface area contributed by atoms with Crippen LogP contribution in [0.3, 0.4) is 0 Å². The van der Waals surface area contributed by atoms with Crippen molar-refractivity contribution in [2.24, 2.45) is 0 Å². The SMILES string of the molecule is CCOC(=O)c1cccc(NC(=O)NCCCN2CCN(Cc3ccc(Cl)cc3)CC2)c1. The lowest BCUT2D eigenvalue weighted by atomic mass is 10.2. The highest BCUT2D eigenvalue weighted by atomic mass is 35.5. The van der Waals surface area contributed by atoms with Crippen LogP contribution in [0.1, 0.15) is 29.3 Å². The lowest BCUT2D eigenvalue weighted by Gasteiger charge is -2.34. The maximum atomic E-state index is 12.1. The zero-order valence-corrected chi connectivity index (χ0v) is 19.2. The number of carbonyl (C=O) groups excluding carboxylic acids is 2. The number of nitrogens with one attached hydrogen (secondary N) is 2. The summed E-state index contributed by atoms with van der Waals surface area (Å²) in [6.07, 6.45) is 0.882. The number of rotatable bonds is 9. The van der Waals surface area contributed by atoms with Gasteiger partial charge in [-0.15, -0.1) is 0 Å². The second kappa shape index (κ2) is 12.4. The molecule has 0 saturated carbocycles. The van der Waals surface area contributed by atoms with Crippen molar-refractivity contribution in [1.29, 1.82) is 0 Å². The Labute approximate surface area is 194 Å². The fraction of sp³-hybridized carbons (Fsp3) is 0.417.